The van der Waals surface area contributed by atoms with Gasteiger partial charge in [0, 0.05) is 36.1 Å². The lowest BCUT2D eigenvalue weighted by atomic mass is 9.90. The zero-order chi connectivity index (χ0) is 21.3. The third-order valence-corrected chi connectivity index (χ3v) is 6.03. The molecule has 6 heteroatoms. The van der Waals surface area contributed by atoms with Gasteiger partial charge in [0.05, 0.1) is 0 Å². The molecule has 1 aliphatic carbocycles. The van der Waals surface area contributed by atoms with Gasteiger partial charge < -0.3 is 14.6 Å². The van der Waals surface area contributed by atoms with Gasteiger partial charge >= 0.3 is 5.97 Å². The van der Waals surface area contributed by atoms with E-state index in [-0.39, 0.29) is 24.3 Å². The van der Waals surface area contributed by atoms with E-state index in [1.807, 2.05) is 23.1 Å². The molecule has 0 bridgehead atoms. The van der Waals surface area contributed by atoms with Crippen LogP contribution >= 0.6 is 0 Å². The first-order valence-electron chi connectivity index (χ1n) is 10.3. The number of aliphatic carboxylic acids is 1. The van der Waals surface area contributed by atoms with Gasteiger partial charge in [0.25, 0.3) is 0 Å². The second kappa shape index (κ2) is 8.30. The highest BCUT2D eigenvalue weighted by atomic mass is 19.1. The highest BCUT2D eigenvalue weighted by molar-refractivity contribution is 5.87. The Balaban J connectivity index is 1.64. The molecule has 2 aromatic carbocycles. The molecular weight excluding hydrogens is 383 g/mol. The molecule has 1 amide bonds. The van der Waals surface area contributed by atoms with E-state index < -0.39 is 5.97 Å². The molecule has 0 unspecified atom stereocenters. The van der Waals surface area contributed by atoms with Crippen molar-refractivity contribution in [2.24, 2.45) is 0 Å². The van der Waals surface area contributed by atoms with Crippen LogP contribution in [0.15, 0.2) is 48.5 Å². The number of hydrogen-bond donors (Lipinski definition) is 1. The van der Waals surface area contributed by atoms with Crippen LogP contribution in [-0.4, -0.2) is 39.0 Å². The van der Waals surface area contributed by atoms with Crippen LogP contribution in [0.25, 0.3) is 10.9 Å². The zero-order valence-corrected chi connectivity index (χ0v) is 17.0. The van der Waals surface area contributed by atoms with Crippen LogP contribution in [0.1, 0.15) is 30.2 Å². The maximum atomic E-state index is 14.0. The number of hydrogen-bond acceptors (Lipinski definition) is 2. The first-order valence-corrected chi connectivity index (χ1v) is 10.3. The predicted octanol–water partition coefficient (Wildman–Crippen LogP) is 3.81. The Morgan fingerprint density at radius 2 is 1.97 bits per heavy atom. The van der Waals surface area contributed by atoms with Crippen LogP contribution in [0.5, 0.6) is 0 Å². The fourth-order valence-electron chi connectivity index (χ4n) is 4.68. The van der Waals surface area contributed by atoms with Gasteiger partial charge in [0.15, 0.2) is 0 Å². The summed E-state index contributed by atoms with van der Waals surface area (Å²) in [5, 5.41) is 10.1. The second-order valence-electron chi connectivity index (χ2n) is 7.91. The van der Waals surface area contributed by atoms with Crippen LogP contribution in [0, 0.1) is 5.82 Å². The van der Waals surface area contributed by atoms with Gasteiger partial charge in [-0.2, -0.15) is 0 Å². The number of carbonyl (C=O) groups is 2. The van der Waals surface area contributed by atoms with Crippen molar-refractivity contribution in [3.63, 3.8) is 0 Å². The third kappa shape index (κ3) is 3.95. The number of amides is 1. The van der Waals surface area contributed by atoms with Crippen molar-refractivity contribution >= 4 is 22.8 Å². The second-order valence-corrected chi connectivity index (χ2v) is 7.91. The number of carboxylic acids is 1. The minimum atomic E-state index is -0.922. The lowest BCUT2D eigenvalue weighted by Crippen LogP contribution is -2.43. The van der Waals surface area contributed by atoms with Gasteiger partial charge in [-0.15, -0.1) is 0 Å². The van der Waals surface area contributed by atoms with Gasteiger partial charge in [0.1, 0.15) is 12.4 Å². The number of halogens is 1. The van der Waals surface area contributed by atoms with E-state index in [0.29, 0.717) is 19.4 Å². The van der Waals surface area contributed by atoms with Crippen LogP contribution in [-0.2, 0) is 35.4 Å². The molecule has 0 radical (unpaired) electrons. The first kappa shape index (κ1) is 20.1. The summed E-state index contributed by atoms with van der Waals surface area (Å²) in [6.07, 6.45) is 2.81. The molecule has 3 aromatic rings. The van der Waals surface area contributed by atoms with Crippen molar-refractivity contribution in [1.82, 2.24) is 9.47 Å². The van der Waals surface area contributed by atoms with Gasteiger partial charge in [-0.05, 0) is 55.0 Å². The SMILES string of the molecule is CC(=O)N(CCc1ccccc1)[C@H]1CCc2c(c3cc(F)ccc3n2CC(=O)O)C1. The van der Waals surface area contributed by atoms with Crippen LogP contribution < -0.4 is 0 Å². The predicted molar refractivity (Wildman–Crippen MR) is 113 cm³/mol. The van der Waals surface area contributed by atoms with Gasteiger partial charge in [-0.3, -0.25) is 9.59 Å². The van der Waals surface area contributed by atoms with Crippen LogP contribution in [0.3, 0.4) is 0 Å². The molecule has 30 heavy (non-hydrogen) atoms. The Labute approximate surface area is 174 Å². The normalized spacial score (nSPS) is 15.7. The van der Waals surface area contributed by atoms with Gasteiger partial charge in [-0.1, -0.05) is 30.3 Å². The van der Waals surface area contributed by atoms with Crippen molar-refractivity contribution in [2.75, 3.05) is 6.54 Å². The van der Waals surface area contributed by atoms with Gasteiger partial charge in [0.2, 0.25) is 5.91 Å². The lowest BCUT2D eigenvalue weighted by Gasteiger charge is -2.34. The maximum Gasteiger partial charge on any atom is 0.323 e. The molecule has 5 nitrogen and oxygen atoms in total. The molecule has 0 aliphatic heterocycles. The summed E-state index contributed by atoms with van der Waals surface area (Å²) in [5.41, 5.74) is 3.83. The number of carbonyl (C=O) groups excluding carboxylic acids is 1. The summed E-state index contributed by atoms with van der Waals surface area (Å²) in [6.45, 7) is 2.07. The summed E-state index contributed by atoms with van der Waals surface area (Å²) in [4.78, 5) is 25.7. The summed E-state index contributed by atoms with van der Waals surface area (Å²) < 4.78 is 15.8. The van der Waals surface area contributed by atoms with E-state index in [4.69, 9.17) is 0 Å². The average Bonchev–Trinajstić information content (AvgIpc) is 3.01. The Morgan fingerprint density at radius 1 is 1.20 bits per heavy atom. The Bertz CT molecular complexity index is 1090. The molecule has 1 aromatic heterocycles. The molecule has 4 rings (SSSR count). The number of rotatable bonds is 6. The van der Waals surface area contributed by atoms with E-state index >= 15 is 0 Å². The number of benzene rings is 2. The van der Waals surface area contributed by atoms with Gasteiger partial charge in [-0.25, -0.2) is 4.39 Å². The highest BCUT2D eigenvalue weighted by Gasteiger charge is 2.30. The zero-order valence-electron chi connectivity index (χ0n) is 17.0. The third-order valence-electron chi connectivity index (χ3n) is 6.03. The topological polar surface area (TPSA) is 62.5 Å². The summed E-state index contributed by atoms with van der Waals surface area (Å²) in [5.74, 6) is -1.23. The van der Waals surface area contributed by atoms with Crippen LogP contribution in [0.4, 0.5) is 4.39 Å². The molecule has 1 heterocycles. The Morgan fingerprint density at radius 3 is 2.67 bits per heavy atom. The van der Waals surface area contributed by atoms with E-state index in [2.05, 4.69) is 12.1 Å². The lowest BCUT2D eigenvalue weighted by molar-refractivity contribution is -0.137. The van der Waals surface area contributed by atoms with Crippen molar-refractivity contribution in [2.45, 2.75) is 45.2 Å². The van der Waals surface area contributed by atoms with Crippen LogP contribution in [0.2, 0.25) is 0 Å². The molecule has 1 N–H and O–H groups in total. The van der Waals surface area contributed by atoms with Crippen molar-refractivity contribution in [3.8, 4) is 0 Å². The minimum absolute atomic E-state index is 0.0193. The Hall–Kier alpha value is -3.15. The number of nitrogens with zero attached hydrogens (tertiary/aromatic N) is 2. The fraction of sp³-hybridized carbons (Fsp3) is 0.333. The average molecular weight is 408 g/mol. The Kier molecular flexibility index (Phi) is 5.57. The van der Waals surface area contributed by atoms with E-state index in [1.165, 1.54) is 17.7 Å². The molecule has 0 saturated heterocycles. The summed E-state index contributed by atoms with van der Waals surface area (Å²) in [6, 6.07) is 14.6. The highest BCUT2D eigenvalue weighted by Crippen LogP contribution is 2.34. The largest absolute Gasteiger partial charge is 0.480 e. The number of aromatic nitrogens is 1. The van der Waals surface area contributed by atoms with Crippen molar-refractivity contribution in [3.05, 3.63) is 71.2 Å². The smallest absolute Gasteiger partial charge is 0.323 e. The maximum absolute atomic E-state index is 14.0. The number of fused-ring (bicyclic) bond motifs is 3. The molecular formula is C24H25FN2O3. The number of carboxylic acid groups (broad SMARTS) is 1. The molecule has 1 aliphatic rings. The monoisotopic (exact) mass is 408 g/mol. The first-order chi connectivity index (χ1) is 14.4. The molecule has 0 saturated carbocycles. The summed E-state index contributed by atoms with van der Waals surface area (Å²) >= 11 is 0. The van der Waals surface area contributed by atoms with Crippen molar-refractivity contribution in [1.29, 1.82) is 0 Å². The fourth-order valence-corrected chi connectivity index (χ4v) is 4.68. The summed E-state index contributed by atoms with van der Waals surface area (Å²) in [7, 11) is 0. The standard InChI is InChI=1S/C24H25FN2O3/c1-16(28)26(12-11-17-5-3-2-4-6-17)19-8-10-23-21(14-19)20-13-18(25)7-9-22(20)27(23)15-24(29)30/h2-7,9,13,19H,8,10-12,14-15H2,1H3,(H,29,30)/t19-/m0/s1. The molecule has 1 atom stereocenters. The van der Waals surface area contributed by atoms with E-state index in [1.54, 1.807) is 17.6 Å². The van der Waals surface area contributed by atoms with Crippen molar-refractivity contribution < 1.29 is 19.1 Å². The van der Waals surface area contributed by atoms with E-state index in [9.17, 15) is 19.1 Å². The quantitative estimate of drug-likeness (QED) is 0.675. The minimum Gasteiger partial charge on any atom is -0.480 e. The molecule has 0 fully saturated rings. The molecule has 156 valence electrons. The van der Waals surface area contributed by atoms with E-state index in [0.717, 1.165) is 35.0 Å². The molecule has 0 spiro atoms.